The van der Waals surface area contributed by atoms with Gasteiger partial charge in [-0.05, 0) is 29.7 Å². The molecular weight excluding hydrogens is 338 g/mol. The molecule has 2 nitrogen and oxygen atoms in total. The SMILES string of the molecule is CN(C)/C=C1/CC(c2cccc(Br)c2)c2ccccc2C1=O. The summed E-state index contributed by atoms with van der Waals surface area (Å²) >= 11 is 3.55. The Labute approximate surface area is 139 Å². The van der Waals surface area contributed by atoms with Gasteiger partial charge in [0, 0.05) is 41.8 Å². The van der Waals surface area contributed by atoms with Crippen molar-refractivity contribution in [2.24, 2.45) is 0 Å². The molecule has 0 heterocycles. The lowest BCUT2D eigenvalue weighted by Crippen LogP contribution is -2.21. The quantitative estimate of drug-likeness (QED) is 0.733. The topological polar surface area (TPSA) is 20.3 Å². The van der Waals surface area contributed by atoms with Gasteiger partial charge in [0.25, 0.3) is 0 Å². The Balaban J connectivity index is 2.14. The number of rotatable bonds is 2. The predicted octanol–water partition coefficient (Wildman–Crippen LogP) is 4.61. The van der Waals surface area contributed by atoms with Crippen LogP contribution in [0.4, 0.5) is 0 Å². The molecule has 1 aliphatic rings. The summed E-state index contributed by atoms with van der Waals surface area (Å²) < 4.78 is 1.07. The molecule has 2 aromatic carbocycles. The van der Waals surface area contributed by atoms with Crippen molar-refractivity contribution in [3.63, 3.8) is 0 Å². The van der Waals surface area contributed by atoms with E-state index in [1.54, 1.807) is 0 Å². The van der Waals surface area contributed by atoms with E-state index in [1.807, 2.05) is 55.5 Å². The first-order valence-electron chi connectivity index (χ1n) is 7.32. The normalized spacial score (nSPS) is 19.1. The molecule has 1 aliphatic carbocycles. The molecule has 1 atom stereocenters. The zero-order valence-electron chi connectivity index (χ0n) is 12.7. The van der Waals surface area contributed by atoms with Gasteiger partial charge in [-0.25, -0.2) is 0 Å². The van der Waals surface area contributed by atoms with Gasteiger partial charge in [-0.1, -0.05) is 52.3 Å². The molecule has 3 rings (SSSR count). The van der Waals surface area contributed by atoms with Gasteiger partial charge < -0.3 is 4.90 Å². The number of allylic oxidation sites excluding steroid dienone is 1. The van der Waals surface area contributed by atoms with Crippen LogP contribution in [-0.2, 0) is 0 Å². The lowest BCUT2D eigenvalue weighted by atomic mass is 9.76. The van der Waals surface area contributed by atoms with Crippen LogP contribution in [0.3, 0.4) is 0 Å². The summed E-state index contributed by atoms with van der Waals surface area (Å²) in [6.07, 6.45) is 2.69. The van der Waals surface area contributed by atoms with Gasteiger partial charge in [-0.3, -0.25) is 4.79 Å². The Hall–Kier alpha value is -1.87. The lowest BCUT2D eigenvalue weighted by molar-refractivity contribution is 0.102. The molecule has 3 heteroatoms. The number of nitrogens with zero attached hydrogens (tertiary/aromatic N) is 1. The summed E-state index contributed by atoms with van der Waals surface area (Å²) in [6.45, 7) is 0. The van der Waals surface area contributed by atoms with Crippen molar-refractivity contribution in [2.75, 3.05) is 14.1 Å². The predicted molar refractivity (Wildman–Crippen MR) is 93.1 cm³/mol. The Morgan fingerprint density at radius 3 is 2.64 bits per heavy atom. The molecule has 0 aliphatic heterocycles. The minimum absolute atomic E-state index is 0.149. The monoisotopic (exact) mass is 355 g/mol. The minimum atomic E-state index is 0.149. The van der Waals surface area contributed by atoms with E-state index >= 15 is 0 Å². The molecule has 0 aromatic heterocycles. The maximum Gasteiger partial charge on any atom is 0.190 e. The van der Waals surface area contributed by atoms with Crippen LogP contribution in [0.15, 0.2) is 64.8 Å². The van der Waals surface area contributed by atoms with Crippen molar-refractivity contribution in [3.05, 3.63) is 81.5 Å². The van der Waals surface area contributed by atoms with E-state index in [9.17, 15) is 4.79 Å². The highest BCUT2D eigenvalue weighted by atomic mass is 79.9. The number of fused-ring (bicyclic) bond motifs is 1. The Morgan fingerprint density at radius 1 is 1.14 bits per heavy atom. The summed E-state index contributed by atoms with van der Waals surface area (Å²) in [5, 5.41) is 0. The van der Waals surface area contributed by atoms with Gasteiger partial charge in [0.15, 0.2) is 5.78 Å². The third kappa shape index (κ3) is 2.86. The highest BCUT2D eigenvalue weighted by molar-refractivity contribution is 9.10. The average molecular weight is 356 g/mol. The fraction of sp³-hybridized carbons (Fsp3) is 0.211. The lowest BCUT2D eigenvalue weighted by Gasteiger charge is -2.27. The molecule has 22 heavy (non-hydrogen) atoms. The maximum atomic E-state index is 12.7. The number of hydrogen-bond acceptors (Lipinski definition) is 2. The van der Waals surface area contributed by atoms with Crippen molar-refractivity contribution in [1.29, 1.82) is 0 Å². The first kappa shape index (κ1) is 15.0. The van der Waals surface area contributed by atoms with Gasteiger partial charge in [0.2, 0.25) is 0 Å². The number of Topliss-reactive ketones (excluding diaryl/α,β-unsaturated/α-hetero) is 1. The standard InChI is InChI=1S/C19H18BrNO/c1-21(2)12-14-11-18(13-6-5-7-15(20)10-13)16-8-3-4-9-17(16)19(14)22/h3-10,12,18H,11H2,1-2H3/b14-12-. The maximum absolute atomic E-state index is 12.7. The van der Waals surface area contributed by atoms with Gasteiger partial charge in [0.1, 0.15) is 0 Å². The van der Waals surface area contributed by atoms with Crippen molar-refractivity contribution in [2.45, 2.75) is 12.3 Å². The molecule has 0 amide bonds. The van der Waals surface area contributed by atoms with Crippen LogP contribution in [0.25, 0.3) is 0 Å². The van der Waals surface area contributed by atoms with Gasteiger partial charge in [0.05, 0.1) is 0 Å². The zero-order valence-corrected chi connectivity index (χ0v) is 14.3. The first-order valence-corrected chi connectivity index (χ1v) is 8.12. The second kappa shape index (κ2) is 6.09. The summed E-state index contributed by atoms with van der Waals surface area (Å²) in [5.74, 6) is 0.369. The van der Waals surface area contributed by atoms with Crippen molar-refractivity contribution >= 4 is 21.7 Å². The van der Waals surface area contributed by atoms with Crippen LogP contribution in [0.5, 0.6) is 0 Å². The largest absolute Gasteiger partial charge is 0.383 e. The highest BCUT2D eigenvalue weighted by Crippen LogP contribution is 2.39. The smallest absolute Gasteiger partial charge is 0.190 e. The van der Waals surface area contributed by atoms with E-state index in [4.69, 9.17) is 0 Å². The van der Waals surface area contributed by atoms with E-state index in [0.29, 0.717) is 0 Å². The fourth-order valence-electron chi connectivity index (χ4n) is 3.05. The number of halogens is 1. The molecule has 0 saturated carbocycles. The number of ketones is 1. The molecule has 0 bridgehead atoms. The van der Waals surface area contributed by atoms with Crippen LogP contribution < -0.4 is 0 Å². The van der Waals surface area contributed by atoms with Gasteiger partial charge in [-0.15, -0.1) is 0 Å². The van der Waals surface area contributed by atoms with E-state index in [2.05, 4.69) is 34.1 Å². The van der Waals surface area contributed by atoms with E-state index in [0.717, 1.165) is 27.6 Å². The van der Waals surface area contributed by atoms with Gasteiger partial charge in [-0.2, -0.15) is 0 Å². The minimum Gasteiger partial charge on any atom is -0.383 e. The first-order chi connectivity index (χ1) is 10.6. The Bertz CT molecular complexity index is 749. The van der Waals surface area contributed by atoms with Crippen LogP contribution in [0.1, 0.15) is 33.8 Å². The van der Waals surface area contributed by atoms with E-state index < -0.39 is 0 Å². The number of benzene rings is 2. The summed E-state index contributed by atoms with van der Waals surface area (Å²) in [4.78, 5) is 14.6. The van der Waals surface area contributed by atoms with Crippen LogP contribution >= 0.6 is 15.9 Å². The van der Waals surface area contributed by atoms with Gasteiger partial charge >= 0.3 is 0 Å². The summed E-state index contributed by atoms with van der Waals surface area (Å²) in [7, 11) is 3.91. The van der Waals surface area contributed by atoms with Crippen LogP contribution in [0, 0.1) is 0 Å². The molecule has 0 spiro atoms. The fourth-order valence-corrected chi connectivity index (χ4v) is 3.46. The van der Waals surface area contributed by atoms with Crippen LogP contribution in [-0.4, -0.2) is 24.8 Å². The average Bonchev–Trinajstić information content (AvgIpc) is 2.50. The highest BCUT2D eigenvalue weighted by Gasteiger charge is 2.30. The van der Waals surface area contributed by atoms with Crippen molar-refractivity contribution in [1.82, 2.24) is 4.90 Å². The number of hydrogen-bond donors (Lipinski definition) is 0. The second-order valence-corrected chi connectivity index (χ2v) is 6.76. The second-order valence-electron chi connectivity index (χ2n) is 5.85. The van der Waals surface area contributed by atoms with E-state index in [1.165, 1.54) is 5.56 Å². The van der Waals surface area contributed by atoms with Crippen molar-refractivity contribution in [3.8, 4) is 0 Å². The Kier molecular flexibility index (Phi) is 4.16. The van der Waals surface area contributed by atoms with Crippen LogP contribution in [0.2, 0.25) is 0 Å². The zero-order chi connectivity index (χ0) is 15.7. The molecule has 1 unspecified atom stereocenters. The summed E-state index contributed by atoms with van der Waals surface area (Å²) in [6, 6.07) is 16.3. The third-order valence-corrected chi connectivity index (χ3v) is 4.45. The Morgan fingerprint density at radius 2 is 1.91 bits per heavy atom. The molecule has 112 valence electrons. The molecule has 0 N–H and O–H groups in total. The third-order valence-electron chi connectivity index (χ3n) is 3.96. The van der Waals surface area contributed by atoms with E-state index in [-0.39, 0.29) is 11.7 Å². The molecular formula is C19H18BrNO. The van der Waals surface area contributed by atoms with Crippen molar-refractivity contribution < 1.29 is 4.79 Å². The summed E-state index contributed by atoms with van der Waals surface area (Å²) in [5.41, 5.74) is 4.06. The molecule has 0 fully saturated rings. The molecule has 0 saturated heterocycles. The number of carbonyl (C=O) groups is 1. The number of carbonyl (C=O) groups excluding carboxylic acids is 1. The molecule has 0 radical (unpaired) electrons. The molecule has 2 aromatic rings.